The molecule has 0 radical (unpaired) electrons. The van der Waals surface area contributed by atoms with Crippen molar-refractivity contribution < 1.29 is 9.42 Å². The van der Waals surface area contributed by atoms with E-state index >= 15 is 0 Å². The number of benzene rings is 1. The number of aromatic nitrogens is 2. The molecule has 6 nitrogen and oxygen atoms in total. The van der Waals surface area contributed by atoms with E-state index < -0.39 is 0 Å². The summed E-state index contributed by atoms with van der Waals surface area (Å²) in [5, 5.41) is 6.94. The zero-order valence-electron chi connectivity index (χ0n) is 8.96. The number of amides is 1. The third-order valence-electron chi connectivity index (χ3n) is 2.85. The van der Waals surface area contributed by atoms with Gasteiger partial charge in [-0.25, -0.2) is 4.63 Å². The number of nitrogens with zero attached hydrogens (tertiary/aromatic N) is 3. The van der Waals surface area contributed by atoms with Gasteiger partial charge in [-0.3, -0.25) is 4.79 Å². The molecule has 2 aromatic rings. The number of para-hydroxylation sites is 1. The second kappa shape index (κ2) is 3.58. The second-order valence-corrected chi connectivity index (χ2v) is 3.83. The average Bonchev–Trinajstić information content (AvgIpc) is 2.94. The third kappa shape index (κ3) is 1.45. The lowest BCUT2D eigenvalue weighted by atomic mass is 10.2. The molecule has 0 spiro atoms. The fourth-order valence-corrected chi connectivity index (χ4v) is 2.02. The van der Waals surface area contributed by atoms with Crippen molar-refractivity contribution in [2.75, 3.05) is 17.2 Å². The van der Waals surface area contributed by atoms with E-state index in [1.807, 2.05) is 24.3 Å². The Kier molecular flexibility index (Phi) is 2.07. The summed E-state index contributed by atoms with van der Waals surface area (Å²) in [6.07, 6.45) is 0.840. The van der Waals surface area contributed by atoms with Crippen LogP contribution >= 0.6 is 0 Å². The van der Waals surface area contributed by atoms with Crippen molar-refractivity contribution >= 4 is 17.4 Å². The molecule has 3 rings (SSSR count). The summed E-state index contributed by atoms with van der Waals surface area (Å²) in [7, 11) is 0. The van der Waals surface area contributed by atoms with Gasteiger partial charge < -0.3 is 10.6 Å². The van der Waals surface area contributed by atoms with Gasteiger partial charge in [0.05, 0.1) is 0 Å². The molecule has 1 aliphatic rings. The monoisotopic (exact) mass is 230 g/mol. The van der Waals surface area contributed by atoms with Crippen LogP contribution in [0, 0.1) is 0 Å². The molecule has 1 amide bonds. The van der Waals surface area contributed by atoms with Crippen LogP contribution in [-0.4, -0.2) is 22.8 Å². The molecular weight excluding hydrogens is 220 g/mol. The number of fused-ring (bicyclic) bond motifs is 1. The molecule has 0 fully saturated rings. The van der Waals surface area contributed by atoms with Gasteiger partial charge in [0.1, 0.15) is 0 Å². The number of rotatable bonds is 1. The average molecular weight is 230 g/mol. The first-order valence-corrected chi connectivity index (χ1v) is 5.25. The maximum atomic E-state index is 12.2. The summed E-state index contributed by atoms with van der Waals surface area (Å²) in [5.74, 6) is -0.243. The van der Waals surface area contributed by atoms with Crippen molar-refractivity contribution in [1.29, 1.82) is 0 Å². The minimum atomic E-state index is -0.270. The fraction of sp³-hybridized carbons (Fsp3) is 0.182. The van der Waals surface area contributed by atoms with Crippen molar-refractivity contribution in [2.24, 2.45) is 0 Å². The van der Waals surface area contributed by atoms with Gasteiger partial charge in [-0.15, -0.1) is 0 Å². The number of hydrogen-bond donors (Lipinski definition) is 1. The van der Waals surface area contributed by atoms with E-state index in [0.29, 0.717) is 6.54 Å². The smallest absolute Gasteiger partial charge is 0.284 e. The lowest BCUT2D eigenvalue weighted by molar-refractivity contribution is 0.0980. The van der Waals surface area contributed by atoms with E-state index in [-0.39, 0.29) is 17.4 Å². The maximum Gasteiger partial charge on any atom is 0.284 e. The van der Waals surface area contributed by atoms with Crippen LogP contribution in [0.3, 0.4) is 0 Å². The number of hydrogen-bond acceptors (Lipinski definition) is 5. The Morgan fingerprint density at radius 2 is 2.18 bits per heavy atom. The van der Waals surface area contributed by atoms with E-state index in [1.165, 1.54) is 0 Å². The Balaban J connectivity index is 1.98. The Labute approximate surface area is 97.0 Å². The molecule has 6 heteroatoms. The van der Waals surface area contributed by atoms with E-state index in [0.717, 1.165) is 17.7 Å². The van der Waals surface area contributed by atoms with Gasteiger partial charge in [-0.05, 0) is 28.4 Å². The van der Waals surface area contributed by atoms with Crippen LogP contribution in [0.4, 0.5) is 11.5 Å². The SMILES string of the molecule is Nc1nonc1C(=O)N1CCc2ccccc21. The first kappa shape index (κ1) is 9.83. The van der Waals surface area contributed by atoms with Crippen molar-refractivity contribution in [3.8, 4) is 0 Å². The van der Waals surface area contributed by atoms with Crippen molar-refractivity contribution in [3.63, 3.8) is 0 Å². The number of carbonyl (C=O) groups is 1. The molecule has 0 bridgehead atoms. The third-order valence-corrected chi connectivity index (χ3v) is 2.85. The van der Waals surface area contributed by atoms with Crippen molar-refractivity contribution in [1.82, 2.24) is 10.3 Å². The largest absolute Gasteiger partial charge is 0.379 e. The summed E-state index contributed by atoms with van der Waals surface area (Å²) < 4.78 is 4.44. The van der Waals surface area contributed by atoms with Crippen LogP contribution in [-0.2, 0) is 6.42 Å². The van der Waals surface area contributed by atoms with Crippen LogP contribution in [0.1, 0.15) is 16.1 Å². The number of anilines is 2. The molecule has 2 N–H and O–H groups in total. The van der Waals surface area contributed by atoms with E-state index in [2.05, 4.69) is 14.9 Å². The molecule has 0 atom stereocenters. The van der Waals surface area contributed by atoms with Crippen molar-refractivity contribution in [2.45, 2.75) is 6.42 Å². The first-order valence-electron chi connectivity index (χ1n) is 5.25. The van der Waals surface area contributed by atoms with E-state index in [4.69, 9.17) is 5.73 Å². The zero-order valence-corrected chi connectivity index (χ0v) is 8.96. The van der Waals surface area contributed by atoms with Gasteiger partial charge in [-0.1, -0.05) is 18.2 Å². The lowest BCUT2D eigenvalue weighted by Gasteiger charge is -2.15. The number of carbonyl (C=O) groups excluding carboxylic acids is 1. The molecule has 1 aromatic carbocycles. The topological polar surface area (TPSA) is 85.2 Å². The van der Waals surface area contributed by atoms with E-state index in [9.17, 15) is 4.79 Å². The van der Waals surface area contributed by atoms with Crippen LogP contribution in [0.15, 0.2) is 28.9 Å². The van der Waals surface area contributed by atoms with Gasteiger partial charge in [-0.2, -0.15) is 0 Å². The molecule has 0 saturated heterocycles. The Bertz CT molecular complexity index is 578. The van der Waals surface area contributed by atoms with Crippen molar-refractivity contribution in [3.05, 3.63) is 35.5 Å². The highest BCUT2D eigenvalue weighted by atomic mass is 16.6. The molecule has 0 aliphatic carbocycles. The van der Waals surface area contributed by atoms with Crippen LogP contribution in [0.2, 0.25) is 0 Å². The fourth-order valence-electron chi connectivity index (χ4n) is 2.02. The summed E-state index contributed by atoms with van der Waals surface area (Å²) in [6, 6.07) is 7.77. The minimum absolute atomic E-state index is 0.0272. The lowest BCUT2D eigenvalue weighted by Crippen LogP contribution is -2.29. The van der Waals surface area contributed by atoms with Crippen LogP contribution in [0.25, 0.3) is 0 Å². The van der Waals surface area contributed by atoms with Crippen LogP contribution < -0.4 is 10.6 Å². The highest BCUT2D eigenvalue weighted by Crippen LogP contribution is 2.29. The normalized spacial score (nSPS) is 13.8. The molecule has 0 unspecified atom stereocenters. The molecule has 0 saturated carbocycles. The van der Waals surface area contributed by atoms with Gasteiger partial charge in [0.25, 0.3) is 5.91 Å². The van der Waals surface area contributed by atoms with Crippen LogP contribution in [0.5, 0.6) is 0 Å². The Hall–Kier alpha value is -2.37. The van der Waals surface area contributed by atoms with Gasteiger partial charge >= 0.3 is 0 Å². The molecular formula is C11H10N4O2. The molecule has 1 aromatic heterocycles. The highest BCUT2D eigenvalue weighted by Gasteiger charge is 2.28. The molecule has 17 heavy (non-hydrogen) atoms. The first-order chi connectivity index (χ1) is 8.27. The molecule has 86 valence electrons. The standard InChI is InChI=1S/C11H10N4O2/c12-10-9(13-17-14-10)11(16)15-6-5-7-3-1-2-4-8(7)15/h1-4H,5-6H2,(H2,12,14). The highest BCUT2D eigenvalue weighted by molar-refractivity contribution is 6.08. The maximum absolute atomic E-state index is 12.2. The molecule has 1 aliphatic heterocycles. The summed E-state index contributed by atoms with van der Waals surface area (Å²) in [6.45, 7) is 0.629. The minimum Gasteiger partial charge on any atom is -0.379 e. The summed E-state index contributed by atoms with van der Waals surface area (Å²) in [5.41, 5.74) is 7.64. The number of nitrogen functional groups attached to an aromatic ring is 1. The van der Waals surface area contributed by atoms with Gasteiger partial charge in [0.15, 0.2) is 0 Å². The Morgan fingerprint density at radius 1 is 1.35 bits per heavy atom. The number of nitrogens with two attached hydrogens (primary N) is 1. The predicted molar refractivity (Wildman–Crippen MR) is 60.5 cm³/mol. The summed E-state index contributed by atoms with van der Waals surface area (Å²) >= 11 is 0. The predicted octanol–water partition coefficient (Wildman–Crippen LogP) is 0.855. The van der Waals surface area contributed by atoms with E-state index in [1.54, 1.807) is 4.90 Å². The quantitative estimate of drug-likeness (QED) is 0.785. The van der Waals surface area contributed by atoms with Gasteiger partial charge in [0, 0.05) is 12.2 Å². The Morgan fingerprint density at radius 3 is 2.94 bits per heavy atom. The zero-order chi connectivity index (χ0) is 11.8. The summed E-state index contributed by atoms with van der Waals surface area (Å²) in [4.78, 5) is 13.8. The molecule has 2 heterocycles. The second-order valence-electron chi connectivity index (χ2n) is 3.83. The van der Waals surface area contributed by atoms with Gasteiger partial charge in [0.2, 0.25) is 11.5 Å².